The van der Waals surface area contributed by atoms with Crippen LogP contribution in [-0.4, -0.2) is 15.2 Å². The van der Waals surface area contributed by atoms with E-state index in [9.17, 15) is 10.2 Å². The van der Waals surface area contributed by atoms with Crippen LogP contribution in [0.15, 0.2) is 54.6 Å². The Morgan fingerprint density at radius 2 is 1.76 bits per heavy atom. The number of aromatic hydroxyl groups is 1. The maximum absolute atomic E-state index is 10.6. The van der Waals surface area contributed by atoms with Crippen molar-refractivity contribution < 1.29 is 10.2 Å². The number of aliphatic hydroxyl groups is 1. The van der Waals surface area contributed by atoms with Crippen LogP contribution in [0.5, 0.6) is 5.75 Å². The molecular formula is C18H17NO2. The minimum Gasteiger partial charge on any atom is -0.508 e. The Morgan fingerprint density at radius 1 is 1.05 bits per heavy atom. The minimum absolute atomic E-state index is 0.235. The number of phenolic OH excluding ortho intramolecular Hbond substituents is 1. The number of aromatic nitrogens is 1. The molecule has 0 fully saturated rings. The predicted octanol–water partition coefficient (Wildman–Crippen LogP) is 3.52. The van der Waals surface area contributed by atoms with Gasteiger partial charge in [-0.2, -0.15) is 0 Å². The summed E-state index contributed by atoms with van der Waals surface area (Å²) in [6, 6.07) is 16.7. The molecule has 3 rings (SSSR count). The molecular weight excluding hydrogens is 262 g/mol. The largest absolute Gasteiger partial charge is 0.508 e. The number of fused-ring (bicyclic) bond motifs is 1. The van der Waals surface area contributed by atoms with Crippen LogP contribution in [0.25, 0.3) is 10.9 Å². The number of para-hydroxylation sites is 1. The third-order valence-electron chi connectivity index (χ3n) is 3.60. The molecule has 1 aromatic heterocycles. The molecule has 106 valence electrons. The predicted molar refractivity (Wildman–Crippen MR) is 83.3 cm³/mol. The van der Waals surface area contributed by atoms with Gasteiger partial charge in [0.25, 0.3) is 0 Å². The lowest BCUT2D eigenvalue weighted by atomic mass is 9.97. The molecule has 0 amide bonds. The van der Waals surface area contributed by atoms with Gasteiger partial charge in [-0.05, 0) is 42.3 Å². The van der Waals surface area contributed by atoms with Crippen LogP contribution in [0.1, 0.15) is 22.9 Å². The molecule has 0 aliphatic rings. The van der Waals surface area contributed by atoms with Crippen molar-refractivity contribution in [3.8, 4) is 5.75 Å². The van der Waals surface area contributed by atoms with Gasteiger partial charge in [-0.3, -0.25) is 4.98 Å². The summed E-state index contributed by atoms with van der Waals surface area (Å²) >= 11 is 0. The van der Waals surface area contributed by atoms with Gasteiger partial charge in [0.15, 0.2) is 0 Å². The molecule has 3 aromatic rings. The maximum atomic E-state index is 10.6. The van der Waals surface area contributed by atoms with Crippen LogP contribution in [0, 0.1) is 6.92 Å². The third-order valence-corrected chi connectivity index (χ3v) is 3.60. The zero-order valence-electron chi connectivity index (χ0n) is 11.8. The van der Waals surface area contributed by atoms with Crippen molar-refractivity contribution in [3.63, 3.8) is 0 Å². The first kappa shape index (κ1) is 13.6. The van der Waals surface area contributed by atoms with E-state index in [0.717, 1.165) is 27.7 Å². The Hall–Kier alpha value is -2.39. The van der Waals surface area contributed by atoms with Gasteiger partial charge >= 0.3 is 0 Å². The van der Waals surface area contributed by atoms with Crippen molar-refractivity contribution in [2.45, 2.75) is 19.4 Å². The van der Waals surface area contributed by atoms with Crippen LogP contribution >= 0.6 is 0 Å². The number of hydrogen-bond donors (Lipinski definition) is 2. The summed E-state index contributed by atoms with van der Waals surface area (Å²) in [6.07, 6.45) is -0.0885. The number of phenols is 1. The zero-order chi connectivity index (χ0) is 14.8. The molecule has 3 heteroatoms. The Bertz CT molecular complexity index is 766. The van der Waals surface area contributed by atoms with Crippen LogP contribution in [-0.2, 0) is 6.42 Å². The Balaban J connectivity index is 1.97. The third kappa shape index (κ3) is 2.88. The van der Waals surface area contributed by atoms with Gasteiger partial charge in [-0.25, -0.2) is 0 Å². The highest BCUT2D eigenvalue weighted by Gasteiger charge is 2.13. The van der Waals surface area contributed by atoms with Crippen molar-refractivity contribution in [3.05, 3.63) is 71.4 Å². The summed E-state index contributed by atoms with van der Waals surface area (Å²) in [5.74, 6) is 0.235. The van der Waals surface area contributed by atoms with E-state index in [0.29, 0.717) is 6.42 Å². The van der Waals surface area contributed by atoms with Gasteiger partial charge in [0.1, 0.15) is 5.75 Å². The van der Waals surface area contributed by atoms with E-state index in [1.807, 2.05) is 49.4 Å². The highest BCUT2D eigenvalue weighted by Crippen LogP contribution is 2.27. The molecule has 0 aliphatic heterocycles. The molecule has 0 spiro atoms. The average Bonchev–Trinajstić information content (AvgIpc) is 2.48. The summed E-state index contributed by atoms with van der Waals surface area (Å²) in [5, 5.41) is 20.9. The Morgan fingerprint density at radius 3 is 2.52 bits per heavy atom. The molecule has 1 heterocycles. The van der Waals surface area contributed by atoms with Gasteiger partial charge in [0.05, 0.1) is 11.6 Å². The van der Waals surface area contributed by atoms with Crippen molar-refractivity contribution in [1.29, 1.82) is 0 Å². The monoisotopic (exact) mass is 279 g/mol. The lowest BCUT2D eigenvalue weighted by molar-refractivity contribution is 0.180. The molecule has 1 atom stereocenters. The highest BCUT2D eigenvalue weighted by molar-refractivity contribution is 5.82. The van der Waals surface area contributed by atoms with Crippen molar-refractivity contribution >= 4 is 10.9 Å². The Labute approximate surface area is 123 Å². The van der Waals surface area contributed by atoms with Gasteiger partial charge in [-0.15, -0.1) is 0 Å². The number of rotatable bonds is 3. The van der Waals surface area contributed by atoms with E-state index in [4.69, 9.17) is 0 Å². The summed E-state index contributed by atoms with van der Waals surface area (Å²) in [5.41, 5.74) is 3.68. The normalized spacial score (nSPS) is 12.5. The van der Waals surface area contributed by atoms with Crippen LogP contribution in [0.3, 0.4) is 0 Å². The van der Waals surface area contributed by atoms with E-state index in [2.05, 4.69) is 4.98 Å². The zero-order valence-corrected chi connectivity index (χ0v) is 11.8. The van der Waals surface area contributed by atoms with E-state index >= 15 is 0 Å². The summed E-state index contributed by atoms with van der Waals surface area (Å²) in [7, 11) is 0. The number of aliphatic hydroxyl groups excluding tert-OH is 1. The van der Waals surface area contributed by atoms with Crippen LogP contribution in [0.4, 0.5) is 0 Å². The van der Waals surface area contributed by atoms with E-state index in [-0.39, 0.29) is 5.75 Å². The van der Waals surface area contributed by atoms with Gasteiger partial charge < -0.3 is 10.2 Å². The van der Waals surface area contributed by atoms with Gasteiger partial charge in [0, 0.05) is 17.5 Å². The standard InChI is InChI=1S/C18H17NO2/c1-12-10-16(15-4-2-3-5-17(15)19-12)18(21)11-13-6-8-14(20)9-7-13/h2-10,18,20-21H,11H2,1H3. The molecule has 3 nitrogen and oxygen atoms in total. The molecule has 0 saturated carbocycles. The number of nitrogens with zero attached hydrogens (tertiary/aromatic N) is 1. The lowest BCUT2D eigenvalue weighted by Gasteiger charge is -2.14. The van der Waals surface area contributed by atoms with Crippen molar-refractivity contribution in [2.75, 3.05) is 0 Å². The van der Waals surface area contributed by atoms with E-state index in [1.165, 1.54) is 0 Å². The lowest BCUT2D eigenvalue weighted by Crippen LogP contribution is -2.04. The Kier molecular flexibility index (Phi) is 3.59. The van der Waals surface area contributed by atoms with Gasteiger partial charge in [-0.1, -0.05) is 30.3 Å². The second-order valence-electron chi connectivity index (χ2n) is 5.26. The average molecular weight is 279 g/mol. The minimum atomic E-state index is -0.596. The molecule has 21 heavy (non-hydrogen) atoms. The quantitative estimate of drug-likeness (QED) is 0.771. The molecule has 0 radical (unpaired) electrons. The molecule has 0 aliphatic carbocycles. The summed E-state index contributed by atoms with van der Waals surface area (Å²) in [4.78, 5) is 4.49. The maximum Gasteiger partial charge on any atom is 0.115 e. The second kappa shape index (κ2) is 5.54. The smallest absolute Gasteiger partial charge is 0.115 e. The highest BCUT2D eigenvalue weighted by atomic mass is 16.3. The molecule has 0 saturated heterocycles. The van der Waals surface area contributed by atoms with E-state index in [1.54, 1.807) is 12.1 Å². The number of pyridine rings is 1. The fourth-order valence-electron chi connectivity index (χ4n) is 2.58. The van der Waals surface area contributed by atoms with Gasteiger partial charge in [0.2, 0.25) is 0 Å². The number of hydrogen-bond acceptors (Lipinski definition) is 3. The fourth-order valence-corrected chi connectivity index (χ4v) is 2.58. The van der Waals surface area contributed by atoms with E-state index < -0.39 is 6.10 Å². The summed E-state index contributed by atoms with van der Waals surface area (Å²) in [6.45, 7) is 1.93. The molecule has 0 bridgehead atoms. The first-order valence-corrected chi connectivity index (χ1v) is 6.96. The molecule has 2 aromatic carbocycles. The first-order chi connectivity index (χ1) is 10.1. The fraction of sp³-hybridized carbons (Fsp3) is 0.167. The number of aryl methyl sites for hydroxylation is 1. The number of benzene rings is 2. The van der Waals surface area contributed by atoms with Crippen LogP contribution in [0.2, 0.25) is 0 Å². The van der Waals surface area contributed by atoms with Crippen LogP contribution < -0.4 is 0 Å². The van der Waals surface area contributed by atoms with Crippen molar-refractivity contribution in [2.24, 2.45) is 0 Å². The van der Waals surface area contributed by atoms with Crippen molar-refractivity contribution in [1.82, 2.24) is 4.98 Å². The molecule has 2 N–H and O–H groups in total. The second-order valence-corrected chi connectivity index (χ2v) is 5.26. The molecule has 1 unspecified atom stereocenters. The topological polar surface area (TPSA) is 53.4 Å². The SMILES string of the molecule is Cc1cc(C(O)Cc2ccc(O)cc2)c2ccccc2n1. The summed E-state index contributed by atoms with van der Waals surface area (Å²) < 4.78 is 0. The first-order valence-electron chi connectivity index (χ1n) is 6.96.